The number of allylic oxidation sites excluding steroid dienone is 4. The lowest BCUT2D eigenvalue weighted by atomic mass is 9.67. The van der Waals surface area contributed by atoms with Gasteiger partial charge >= 0.3 is 0 Å². The van der Waals surface area contributed by atoms with E-state index in [1.54, 1.807) is 7.05 Å². The average Bonchev–Trinajstić information content (AvgIpc) is 3.40. The number of amides is 1. The normalized spacial score (nSPS) is 36.4. The Morgan fingerprint density at radius 3 is 2.62 bits per heavy atom. The van der Waals surface area contributed by atoms with Crippen LogP contribution in [-0.2, 0) is 16.8 Å². The average molecular weight is 425 g/mol. The summed E-state index contributed by atoms with van der Waals surface area (Å²) in [6, 6.07) is 8.72. The lowest BCUT2D eigenvalue weighted by molar-refractivity contribution is -0.135. The summed E-state index contributed by atoms with van der Waals surface area (Å²) in [5, 5.41) is 17.6. The van der Waals surface area contributed by atoms with Gasteiger partial charge in [0, 0.05) is 48.2 Å². The summed E-state index contributed by atoms with van der Waals surface area (Å²) < 4.78 is 0. The van der Waals surface area contributed by atoms with Gasteiger partial charge in [-0.1, -0.05) is 30.4 Å². The monoisotopic (exact) mass is 424 g/mol. The van der Waals surface area contributed by atoms with Gasteiger partial charge in [-0.05, 0) is 48.4 Å². The van der Waals surface area contributed by atoms with Gasteiger partial charge in [-0.3, -0.25) is 9.69 Å². The number of benzene rings is 1. The molecular weight excluding hydrogens is 400 g/mol. The number of fused-ring (bicyclic) bond motifs is 4. The Morgan fingerprint density at radius 1 is 1.22 bits per heavy atom. The summed E-state index contributed by atoms with van der Waals surface area (Å²) in [5.41, 5.74) is 8.89. The number of nitriles is 1. The highest BCUT2D eigenvalue weighted by molar-refractivity contribution is 6.08. The van der Waals surface area contributed by atoms with E-state index in [4.69, 9.17) is 10.7 Å². The van der Waals surface area contributed by atoms with Crippen molar-refractivity contribution in [3.05, 3.63) is 58.7 Å². The van der Waals surface area contributed by atoms with Crippen molar-refractivity contribution in [2.24, 2.45) is 38.2 Å². The van der Waals surface area contributed by atoms with Gasteiger partial charge < -0.3 is 5.73 Å². The van der Waals surface area contributed by atoms with Crippen molar-refractivity contribution in [3.63, 3.8) is 0 Å². The summed E-state index contributed by atoms with van der Waals surface area (Å²) in [5.74, 6) is 0.859. The minimum Gasteiger partial charge on any atom is -0.369 e. The minimum absolute atomic E-state index is 0.0461. The first-order valence-electron chi connectivity index (χ1n) is 11.1. The summed E-state index contributed by atoms with van der Waals surface area (Å²) in [4.78, 5) is 20.3. The van der Waals surface area contributed by atoms with E-state index in [0.717, 1.165) is 41.5 Å². The summed E-state index contributed by atoms with van der Waals surface area (Å²) >= 11 is 0. The molecule has 2 spiro atoms. The summed E-state index contributed by atoms with van der Waals surface area (Å²) in [6.07, 6.45) is 12.9. The minimum atomic E-state index is -1.01. The Kier molecular flexibility index (Phi) is 3.89. The molecule has 1 amide bonds. The van der Waals surface area contributed by atoms with Crippen LogP contribution in [0.4, 0.5) is 0 Å². The number of hydrogen-bond donors (Lipinski definition) is 1. The Morgan fingerprint density at radius 2 is 1.97 bits per heavy atom. The number of likely N-dealkylation sites (N-methyl/N-ethyl adjacent to an activating group) is 1. The zero-order valence-electron chi connectivity index (χ0n) is 17.9. The van der Waals surface area contributed by atoms with E-state index >= 15 is 0 Å². The van der Waals surface area contributed by atoms with E-state index in [0.29, 0.717) is 6.42 Å². The largest absolute Gasteiger partial charge is 0.369 e. The molecule has 1 saturated carbocycles. The fourth-order valence-corrected chi connectivity index (χ4v) is 6.55. The fraction of sp³-hybridized carbons (Fsp3) is 0.400. The van der Waals surface area contributed by atoms with Crippen molar-refractivity contribution in [1.29, 1.82) is 5.26 Å². The Bertz CT molecular complexity index is 1210. The second-order valence-electron chi connectivity index (χ2n) is 9.68. The highest BCUT2D eigenvalue weighted by Gasteiger charge is 2.68. The molecule has 1 aromatic rings. The first-order chi connectivity index (χ1) is 15.5. The molecule has 0 aromatic heterocycles. The van der Waals surface area contributed by atoms with Crippen LogP contribution in [0.3, 0.4) is 0 Å². The maximum absolute atomic E-state index is 13.9. The zero-order valence-corrected chi connectivity index (χ0v) is 17.9. The molecule has 0 saturated heterocycles. The van der Waals surface area contributed by atoms with Gasteiger partial charge in [0.05, 0.1) is 6.07 Å². The predicted molar refractivity (Wildman–Crippen MR) is 122 cm³/mol. The van der Waals surface area contributed by atoms with Gasteiger partial charge in [-0.15, -0.1) is 0 Å². The third-order valence-electron chi connectivity index (χ3n) is 8.10. The molecule has 2 aliphatic heterocycles. The van der Waals surface area contributed by atoms with Crippen molar-refractivity contribution in [1.82, 2.24) is 4.90 Å². The number of nitrogens with zero attached hydrogens (tertiary/aromatic N) is 5. The number of rotatable bonds is 1. The van der Waals surface area contributed by atoms with E-state index < -0.39 is 5.54 Å². The van der Waals surface area contributed by atoms with Gasteiger partial charge in [0.25, 0.3) is 5.91 Å². The Balaban J connectivity index is 1.49. The molecule has 1 fully saturated rings. The second kappa shape index (κ2) is 6.49. The summed E-state index contributed by atoms with van der Waals surface area (Å²) in [7, 11) is 1.71. The van der Waals surface area contributed by atoms with Crippen molar-refractivity contribution in [3.8, 4) is 6.07 Å². The number of carbonyl (C=O) groups is 1. The second-order valence-corrected chi connectivity index (χ2v) is 9.68. The van der Waals surface area contributed by atoms with Gasteiger partial charge in [0.2, 0.25) is 0 Å². The van der Waals surface area contributed by atoms with E-state index in [2.05, 4.69) is 40.5 Å². The number of nitrogens with two attached hydrogens (primary N) is 1. The number of hydrogen-bond acceptors (Lipinski definition) is 6. The molecule has 32 heavy (non-hydrogen) atoms. The quantitative estimate of drug-likeness (QED) is 0.749. The molecule has 5 aliphatic rings. The first-order valence-corrected chi connectivity index (χ1v) is 11.1. The van der Waals surface area contributed by atoms with Crippen LogP contribution < -0.4 is 5.73 Å². The first kappa shape index (κ1) is 19.2. The molecule has 160 valence electrons. The predicted octanol–water partition coefficient (Wildman–Crippen LogP) is 2.80. The highest BCUT2D eigenvalue weighted by Crippen LogP contribution is 2.65. The molecule has 7 nitrogen and oxygen atoms in total. The fourth-order valence-electron chi connectivity index (χ4n) is 6.55. The Hall–Kier alpha value is -3.53. The van der Waals surface area contributed by atoms with Crippen LogP contribution in [0.15, 0.2) is 57.2 Å². The van der Waals surface area contributed by atoms with E-state index in [1.807, 2.05) is 24.6 Å². The number of guanidine groups is 1. The highest BCUT2D eigenvalue weighted by atomic mass is 16.2. The topological polar surface area (TPSA) is 107 Å². The molecule has 2 N–H and O–H groups in total. The molecule has 0 radical (unpaired) electrons. The van der Waals surface area contributed by atoms with Crippen molar-refractivity contribution in [2.75, 3.05) is 7.05 Å². The smallest absolute Gasteiger partial charge is 0.262 e. The van der Waals surface area contributed by atoms with Crippen molar-refractivity contribution < 1.29 is 4.79 Å². The van der Waals surface area contributed by atoms with Crippen molar-refractivity contribution in [2.45, 2.75) is 37.1 Å². The molecule has 6 rings (SSSR count). The Labute approximate surface area is 186 Å². The van der Waals surface area contributed by atoms with Crippen LogP contribution in [0.25, 0.3) is 0 Å². The third kappa shape index (κ3) is 2.35. The van der Waals surface area contributed by atoms with Gasteiger partial charge in [-0.2, -0.15) is 15.5 Å². The lowest BCUT2D eigenvalue weighted by Gasteiger charge is -2.38. The zero-order chi connectivity index (χ0) is 22.1. The SMILES string of the molecule is CN1C(=O)C2(N=C1N)c1cc(C3C=CC=C(C#N)C3)ccc1CC21CC2C=NN=CC2C1. The van der Waals surface area contributed by atoms with Crippen LogP contribution >= 0.6 is 0 Å². The molecule has 2 heterocycles. The van der Waals surface area contributed by atoms with Gasteiger partial charge in [-0.25, -0.2) is 4.99 Å². The maximum atomic E-state index is 13.9. The maximum Gasteiger partial charge on any atom is 0.262 e. The van der Waals surface area contributed by atoms with Crippen LogP contribution in [0, 0.1) is 28.6 Å². The van der Waals surface area contributed by atoms with E-state index in [-0.39, 0.29) is 35.0 Å². The standard InChI is InChI=1S/C25H24N6O/c1-31-22(32)25(30-23(31)27)21-8-17(16-4-2-3-15(7-16)12-26)5-6-18(21)9-24(25)10-19-13-28-29-14-20(19)11-24/h2-6,8,13-14,16,19-20H,7,9-11H2,1H3,(H2,27,30). The number of carbonyl (C=O) groups excluding carboxylic acids is 1. The number of aliphatic imine (C=N–C) groups is 1. The lowest BCUT2D eigenvalue weighted by Crippen LogP contribution is -2.48. The summed E-state index contributed by atoms with van der Waals surface area (Å²) in [6.45, 7) is 0. The van der Waals surface area contributed by atoms with Crippen LogP contribution in [0.2, 0.25) is 0 Å². The van der Waals surface area contributed by atoms with Crippen molar-refractivity contribution >= 4 is 24.3 Å². The molecule has 0 bridgehead atoms. The molecule has 1 aromatic carbocycles. The van der Waals surface area contributed by atoms with Crippen LogP contribution in [0.5, 0.6) is 0 Å². The molecule has 3 aliphatic carbocycles. The van der Waals surface area contributed by atoms with E-state index in [9.17, 15) is 10.1 Å². The van der Waals surface area contributed by atoms with Crippen LogP contribution in [-0.4, -0.2) is 36.2 Å². The van der Waals surface area contributed by atoms with Gasteiger partial charge in [0.15, 0.2) is 11.5 Å². The molecule has 7 heteroatoms. The molecule has 4 unspecified atom stereocenters. The molecule has 4 atom stereocenters. The van der Waals surface area contributed by atoms with Crippen LogP contribution in [0.1, 0.15) is 41.9 Å². The third-order valence-corrected chi connectivity index (χ3v) is 8.10. The van der Waals surface area contributed by atoms with Gasteiger partial charge in [0.1, 0.15) is 0 Å². The van der Waals surface area contributed by atoms with E-state index in [1.165, 1.54) is 4.90 Å². The molecular formula is C25H24N6O.